The van der Waals surface area contributed by atoms with Crippen LogP contribution >= 0.6 is 23.2 Å². The molecule has 0 fully saturated rings. The number of ketones is 1. The molecule has 4 aromatic rings. The molecular formula is C26H17Cl2NO6. The molecule has 2 heterocycles. The molecule has 0 aliphatic carbocycles. The van der Waals surface area contributed by atoms with Crippen LogP contribution in [0.15, 0.2) is 82.5 Å². The molecule has 176 valence electrons. The predicted molar refractivity (Wildman–Crippen MR) is 132 cm³/mol. The average Bonchev–Trinajstić information content (AvgIpc) is 3.37. The van der Waals surface area contributed by atoms with Crippen LogP contribution in [0.3, 0.4) is 0 Å². The van der Waals surface area contributed by atoms with Gasteiger partial charge in [0, 0.05) is 16.1 Å². The van der Waals surface area contributed by atoms with Gasteiger partial charge in [-0.1, -0.05) is 35.3 Å². The third-order valence-electron chi connectivity index (χ3n) is 5.75. The molecule has 1 atom stereocenters. The number of aliphatic hydroxyl groups excluding tert-OH is 1. The second-order valence-electron chi connectivity index (χ2n) is 7.88. The SMILES string of the molecule is COc1ccc(N2C(=O)C(O)=C(C(=O)c3cc4cc(Cl)ccc4o3)C2c2cccc(O)c2)cc1Cl. The maximum Gasteiger partial charge on any atom is 0.294 e. The number of carbonyl (C=O) groups excluding carboxylic acids is 2. The van der Waals surface area contributed by atoms with Crippen LogP contribution < -0.4 is 9.64 Å². The number of Topliss-reactive ketones (excluding diaryl/α,β-unsaturated/α-hetero) is 1. The lowest BCUT2D eigenvalue weighted by molar-refractivity contribution is -0.117. The van der Waals surface area contributed by atoms with Crippen molar-refractivity contribution >= 4 is 51.5 Å². The summed E-state index contributed by atoms with van der Waals surface area (Å²) in [4.78, 5) is 28.2. The molecule has 0 saturated carbocycles. The van der Waals surface area contributed by atoms with Crippen molar-refractivity contribution in [1.29, 1.82) is 0 Å². The Morgan fingerprint density at radius 3 is 2.54 bits per heavy atom. The predicted octanol–water partition coefficient (Wildman–Crippen LogP) is 6.24. The zero-order chi connectivity index (χ0) is 24.9. The fraction of sp³-hybridized carbons (Fsp3) is 0.0769. The first-order valence-corrected chi connectivity index (χ1v) is 11.2. The van der Waals surface area contributed by atoms with Crippen LogP contribution in [0.2, 0.25) is 10.0 Å². The number of anilines is 1. The molecule has 1 aliphatic heterocycles. The van der Waals surface area contributed by atoms with E-state index in [2.05, 4.69) is 0 Å². The minimum atomic E-state index is -1.07. The Morgan fingerprint density at radius 1 is 1.03 bits per heavy atom. The van der Waals surface area contributed by atoms with Gasteiger partial charge in [-0.2, -0.15) is 0 Å². The summed E-state index contributed by atoms with van der Waals surface area (Å²) in [5.74, 6) is -1.96. The van der Waals surface area contributed by atoms with E-state index in [4.69, 9.17) is 32.4 Å². The zero-order valence-electron chi connectivity index (χ0n) is 18.2. The second-order valence-corrected chi connectivity index (χ2v) is 8.72. The zero-order valence-corrected chi connectivity index (χ0v) is 19.7. The van der Waals surface area contributed by atoms with Gasteiger partial charge in [0.2, 0.25) is 5.78 Å². The lowest BCUT2D eigenvalue weighted by Gasteiger charge is -2.27. The summed E-state index contributed by atoms with van der Waals surface area (Å²) in [6.07, 6.45) is 0. The van der Waals surface area contributed by atoms with Crippen molar-refractivity contribution < 1.29 is 29.0 Å². The second kappa shape index (κ2) is 8.69. The first kappa shape index (κ1) is 22.8. The molecule has 5 rings (SSSR count). The highest BCUT2D eigenvalue weighted by Crippen LogP contribution is 2.44. The largest absolute Gasteiger partial charge is 0.508 e. The molecule has 9 heteroatoms. The number of amides is 1. The van der Waals surface area contributed by atoms with E-state index >= 15 is 0 Å². The fourth-order valence-corrected chi connectivity index (χ4v) is 4.61. The highest BCUT2D eigenvalue weighted by molar-refractivity contribution is 6.32. The number of furan rings is 1. The quantitative estimate of drug-likeness (QED) is 0.309. The Balaban J connectivity index is 1.66. The van der Waals surface area contributed by atoms with Crippen molar-refractivity contribution in [3.05, 3.63) is 99.4 Å². The molecule has 7 nitrogen and oxygen atoms in total. The van der Waals surface area contributed by atoms with Gasteiger partial charge in [0.15, 0.2) is 11.5 Å². The van der Waals surface area contributed by atoms with Gasteiger partial charge >= 0.3 is 0 Å². The minimum absolute atomic E-state index is 0.0702. The molecule has 1 unspecified atom stereocenters. The van der Waals surface area contributed by atoms with Crippen LogP contribution in [-0.4, -0.2) is 29.0 Å². The molecule has 0 radical (unpaired) electrons. The van der Waals surface area contributed by atoms with E-state index in [1.165, 1.54) is 36.3 Å². The minimum Gasteiger partial charge on any atom is -0.508 e. The van der Waals surface area contributed by atoms with Crippen molar-refractivity contribution in [2.24, 2.45) is 0 Å². The monoisotopic (exact) mass is 509 g/mol. The van der Waals surface area contributed by atoms with E-state index in [1.54, 1.807) is 42.5 Å². The number of hydrogen-bond acceptors (Lipinski definition) is 6. The number of ether oxygens (including phenoxy) is 1. The van der Waals surface area contributed by atoms with Gasteiger partial charge in [0.05, 0.1) is 23.7 Å². The number of rotatable bonds is 5. The van der Waals surface area contributed by atoms with E-state index in [9.17, 15) is 19.8 Å². The Bertz CT molecular complexity index is 1540. The summed E-state index contributed by atoms with van der Waals surface area (Å²) in [7, 11) is 1.46. The number of benzene rings is 3. The molecule has 0 saturated heterocycles. The van der Waals surface area contributed by atoms with E-state index in [-0.39, 0.29) is 22.1 Å². The number of phenols is 1. The number of aliphatic hydroxyl groups is 1. The lowest BCUT2D eigenvalue weighted by Crippen LogP contribution is -2.31. The van der Waals surface area contributed by atoms with Gasteiger partial charge in [-0.25, -0.2) is 0 Å². The highest BCUT2D eigenvalue weighted by Gasteiger charge is 2.45. The molecule has 35 heavy (non-hydrogen) atoms. The third kappa shape index (κ3) is 3.88. The lowest BCUT2D eigenvalue weighted by atomic mass is 9.94. The summed E-state index contributed by atoms with van der Waals surface area (Å²) in [6, 6.07) is 16.1. The van der Waals surface area contributed by atoms with E-state index in [0.717, 1.165) is 0 Å². The number of phenolic OH excluding ortho intramolecular Hbond substituents is 1. The van der Waals surface area contributed by atoms with Crippen LogP contribution in [0.1, 0.15) is 22.2 Å². The van der Waals surface area contributed by atoms with Crippen LogP contribution in [0, 0.1) is 0 Å². The van der Waals surface area contributed by atoms with Crippen molar-refractivity contribution in [3.63, 3.8) is 0 Å². The number of aromatic hydroxyl groups is 1. The molecule has 1 amide bonds. The fourth-order valence-electron chi connectivity index (χ4n) is 4.18. The van der Waals surface area contributed by atoms with Gasteiger partial charge in [0.25, 0.3) is 5.91 Å². The maximum atomic E-state index is 13.6. The smallest absolute Gasteiger partial charge is 0.294 e. The van der Waals surface area contributed by atoms with Crippen LogP contribution in [-0.2, 0) is 4.79 Å². The van der Waals surface area contributed by atoms with E-state index in [1.807, 2.05) is 0 Å². The van der Waals surface area contributed by atoms with Crippen molar-refractivity contribution in [1.82, 2.24) is 0 Å². The number of hydrogen-bond donors (Lipinski definition) is 2. The molecular weight excluding hydrogens is 493 g/mol. The standard InChI is InChI=1S/C26H17Cl2NO6/c1-34-20-8-6-16(12-18(20)28)29-23(13-3-2-4-17(30)10-13)22(25(32)26(29)33)24(31)21-11-14-9-15(27)5-7-19(14)35-21/h2-12,23,30,32H,1H3. The molecule has 3 aromatic carbocycles. The number of halogens is 2. The van der Waals surface area contributed by atoms with Crippen molar-refractivity contribution in [2.75, 3.05) is 12.0 Å². The van der Waals surface area contributed by atoms with Gasteiger partial charge < -0.3 is 19.4 Å². The number of fused-ring (bicyclic) bond motifs is 1. The summed E-state index contributed by atoms with van der Waals surface area (Å²) in [6.45, 7) is 0. The molecule has 2 N–H and O–H groups in total. The van der Waals surface area contributed by atoms with Crippen molar-refractivity contribution in [3.8, 4) is 11.5 Å². The Labute approximate surface area is 209 Å². The number of carbonyl (C=O) groups is 2. The van der Waals surface area contributed by atoms with Gasteiger partial charge in [-0.15, -0.1) is 0 Å². The van der Waals surface area contributed by atoms with Crippen LogP contribution in [0.5, 0.6) is 11.5 Å². The maximum absolute atomic E-state index is 13.6. The van der Waals surface area contributed by atoms with Gasteiger partial charge in [-0.3, -0.25) is 14.5 Å². The molecule has 0 bridgehead atoms. The van der Waals surface area contributed by atoms with Crippen LogP contribution in [0.25, 0.3) is 11.0 Å². The van der Waals surface area contributed by atoms with Gasteiger partial charge in [0.1, 0.15) is 17.1 Å². The topological polar surface area (TPSA) is 100 Å². The molecule has 0 spiro atoms. The van der Waals surface area contributed by atoms with E-state index in [0.29, 0.717) is 33.0 Å². The summed E-state index contributed by atoms with van der Waals surface area (Å²) in [5, 5.41) is 22.3. The van der Waals surface area contributed by atoms with Crippen LogP contribution in [0.4, 0.5) is 5.69 Å². The first-order chi connectivity index (χ1) is 16.8. The summed E-state index contributed by atoms with van der Waals surface area (Å²) in [5.41, 5.74) is 0.948. The Hall–Kier alpha value is -3.94. The average molecular weight is 510 g/mol. The Morgan fingerprint density at radius 2 is 1.83 bits per heavy atom. The summed E-state index contributed by atoms with van der Waals surface area (Å²) >= 11 is 12.3. The van der Waals surface area contributed by atoms with Gasteiger partial charge in [-0.05, 0) is 60.2 Å². The number of nitrogens with zero attached hydrogens (tertiary/aromatic N) is 1. The number of methoxy groups -OCH3 is 1. The molecule has 1 aromatic heterocycles. The summed E-state index contributed by atoms with van der Waals surface area (Å²) < 4.78 is 10.9. The Kier molecular flexibility index (Phi) is 5.67. The van der Waals surface area contributed by atoms with Crippen molar-refractivity contribution in [2.45, 2.75) is 6.04 Å². The van der Waals surface area contributed by atoms with E-state index < -0.39 is 23.5 Å². The normalized spacial score (nSPS) is 15.8. The first-order valence-electron chi connectivity index (χ1n) is 10.4. The highest BCUT2D eigenvalue weighted by atomic mass is 35.5. The molecule has 1 aliphatic rings. The third-order valence-corrected chi connectivity index (χ3v) is 6.28.